The van der Waals surface area contributed by atoms with Crippen LogP contribution in [0.3, 0.4) is 0 Å². The summed E-state index contributed by atoms with van der Waals surface area (Å²) in [6, 6.07) is 1.57. The van der Waals surface area contributed by atoms with Crippen molar-refractivity contribution < 1.29 is 14.1 Å². The van der Waals surface area contributed by atoms with Crippen molar-refractivity contribution in [2.75, 3.05) is 26.2 Å². The van der Waals surface area contributed by atoms with Crippen LogP contribution < -0.4 is 0 Å². The van der Waals surface area contributed by atoms with Crippen molar-refractivity contribution >= 4 is 11.8 Å². The van der Waals surface area contributed by atoms with E-state index in [4.69, 9.17) is 4.52 Å². The van der Waals surface area contributed by atoms with Crippen LogP contribution in [0.1, 0.15) is 23.4 Å². The van der Waals surface area contributed by atoms with Gasteiger partial charge in [0.05, 0.1) is 12.1 Å². The molecule has 0 radical (unpaired) electrons. The largest absolute Gasteiger partial charge is 0.351 e. The van der Waals surface area contributed by atoms with Crippen molar-refractivity contribution in [1.29, 1.82) is 0 Å². The lowest BCUT2D eigenvalue weighted by Gasteiger charge is -2.21. The SMILES string of the molecule is O=C(c1ccno1)N1C[C@H]2CN(CC3CC3)C(=O)[C@H]2C1. The van der Waals surface area contributed by atoms with Gasteiger partial charge in [0, 0.05) is 38.2 Å². The van der Waals surface area contributed by atoms with Gasteiger partial charge >= 0.3 is 0 Å². The number of hydrogen-bond acceptors (Lipinski definition) is 4. The summed E-state index contributed by atoms with van der Waals surface area (Å²) >= 11 is 0. The zero-order valence-corrected chi connectivity index (χ0v) is 11.2. The van der Waals surface area contributed by atoms with Crippen LogP contribution in [0.2, 0.25) is 0 Å². The minimum Gasteiger partial charge on any atom is -0.351 e. The Kier molecular flexibility index (Phi) is 2.58. The highest BCUT2D eigenvalue weighted by Crippen LogP contribution is 2.36. The van der Waals surface area contributed by atoms with Gasteiger partial charge in [-0.1, -0.05) is 5.16 Å². The topological polar surface area (TPSA) is 66.7 Å². The number of aromatic nitrogens is 1. The third-order valence-electron chi connectivity index (χ3n) is 4.64. The molecule has 3 aliphatic rings. The van der Waals surface area contributed by atoms with Gasteiger partial charge in [-0.2, -0.15) is 0 Å². The minimum absolute atomic E-state index is 0.0133. The van der Waals surface area contributed by atoms with Crippen molar-refractivity contribution in [3.05, 3.63) is 18.0 Å². The Morgan fingerprint density at radius 2 is 2.20 bits per heavy atom. The van der Waals surface area contributed by atoms with Gasteiger partial charge in [-0.25, -0.2) is 0 Å². The predicted molar refractivity (Wildman–Crippen MR) is 68.7 cm³/mol. The number of fused-ring (bicyclic) bond motifs is 1. The van der Waals surface area contributed by atoms with Crippen LogP contribution >= 0.6 is 0 Å². The fraction of sp³-hybridized carbons (Fsp3) is 0.643. The molecule has 0 aromatic carbocycles. The third kappa shape index (κ3) is 1.90. The molecule has 6 nitrogen and oxygen atoms in total. The van der Waals surface area contributed by atoms with Gasteiger partial charge in [-0.05, 0) is 18.8 Å². The predicted octanol–water partition coefficient (Wildman–Crippen LogP) is 0.615. The van der Waals surface area contributed by atoms with Gasteiger partial charge in [0.15, 0.2) is 0 Å². The maximum Gasteiger partial charge on any atom is 0.292 e. The van der Waals surface area contributed by atoms with E-state index in [1.807, 2.05) is 4.90 Å². The molecule has 0 bridgehead atoms. The lowest BCUT2D eigenvalue weighted by molar-refractivity contribution is -0.131. The summed E-state index contributed by atoms with van der Waals surface area (Å²) in [6.07, 6.45) is 3.98. The number of carbonyl (C=O) groups excluding carboxylic acids is 2. The molecule has 6 heteroatoms. The molecule has 2 aliphatic heterocycles. The molecule has 1 aromatic heterocycles. The first kappa shape index (κ1) is 11.9. The molecule has 1 aliphatic carbocycles. The highest BCUT2D eigenvalue weighted by atomic mass is 16.5. The third-order valence-corrected chi connectivity index (χ3v) is 4.64. The van der Waals surface area contributed by atoms with Crippen molar-refractivity contribution in [2.24, 2.45) is 17.8 Å². The minimum atomic E-state index is -0.154. The Hall–Kier alpha value is -1.85. The first-order chi connectivity index (χ1) is 9.72. The van der Waals surface area contributed by atoms with E-state index in [0.29, 0.717) is 13.1 Å². The smallest absolute Gasteiger partial charge is 0.292 e. The van der Waals surface area contributed by atoms with E-state index in [2.05, 4.69) is 5.16 Å². The molecule has 106 valence electrons. The number of carbonyl (C=O) groups is 2. The average Bonchev–Trinajstić information content (AvgIpc) is 2.89. The van der Waals surface area contributed by atoms with E-state index in [9.17, 15) is 9.59 Å². The number of amides is 2. The zero-order chi connectivity index (χ0) is 13.7. The van der Waals surface area contributed by atoms with Crippen molar-refractivity contribution in [2.45, 2.75) is 12.8 Å². The Morgan fingerprint density at radius 3 is 2.85 bits per heavy atom. The molecule has 1 saturated carbocycles. The van der Waals surface area contributed by atoms with Gasteiger partial charge in [-0.3, -0.25) is 9.59 Å². The van der Waals surface area contributed by atoms with Crippen molar-refractivity contribution in [1.82, 2.24) is 15.0 Å². The van der Waals surface area contributed by atoms with Crippen LogP contribution in [0, 0.1) is 17.8 Å². The lowest BCUT2D eigenvalue weighted by Crippen LogP contribution is -2.36. The molecular formula is C14H17N3O3. The first-order valence-corrected chi connectivity index (χ1v) is 7.21. The highest BCUT2D eigenvalue weighted by molar-refractivity contribution is 5.92. The molecule has 2 atom stereocenters. The maximum absolute atomic E-state index is 12.4. The second kappa shape index (κ2) is 4.33. The zero-order valence-electron chi connectivity index (χ0n) is 11.2. The average molecular weight is 275 g/mol. The number of nitrogens with zero attached hydrogens (tertiary/aromatic N) is 3. The summed E-state index contributed by atoms with van der Waals surface area (Å²) in [5.74, 6) is 1.33. The highest BCUT2D eigenvalue weighted by Gasteiger charge is 2.48. The monoisotopic (exact) mass is 275 g/mol. The molecule has 0 unspecified atom stereocenters. The molecule has 3 fully saturated rings. The Balaban J connectivity index is 1.42. The summed E-state index contributed by atoms with van der Waals surface area (Å²) in [7, 11) is 0. The molecule has 4 rings (SSSR count). The van der Waals surface area contributed by atoms with Crippen LogP contribution in [-0.4, -0.2) is 52.9 Å². The Labute approximate surface area is 116 Å². The van der Waals surface area contributed by atoms with Crippen LogP contribution in [0.5, 0.6) is 0 Å². The first-order valence-electron chi connectivity index (χ1n) is 7.21. The normalized spacial score (nSPS) is 29.1. The molecule has 20 heavy (non-hydrogen) atoms. The van der Waals surface area contributed by atoms with E-state index >= 15 is 0 Å². The van der Waals surface area contributed by atoms with Gasteiger partial charge in [0.1, 0.15) is 0 Å². The van der Waals surface area contributed by atoms with Gasteiger partial charge in [-0.15, -0.1) is 0 Å². The Bertz CT molecular complexity index is 538. The van der Waals surface area contributed by atoms with Crippen LogP contribution in [0.15, 0.2) is 16.8 Å². The van der Waals surface area contributed by atoms with Crippen LogP contribution in [0.25, 0.3) is 0 Å². The Morgan fingerprint density at radius 1 is 1.35 bits per heavy atom. The van der Waals surface area contributed by atoms with Crippen molar-refractivity contribution in [3.63, 3.8) is 0 Å². The van der Waals surface area contributed by atoms with Gasteiger partial charge in [0.25, 0.3) is 5.91 Å². The summed E-state index contributed by atoms with van der Waals surface area (Å²) in [5.41, 5.74) is 0. The summed E-state index contributed by atoms with van der Waals surface area (Å²) in [4.78, 5) is 28.3. The van der Waals surface area contributed by atoms with E-state index in [1.54, 1.807) is 11.0 Å². The quantitative estimate of drug-likeness (QED) is 0.811. The fourth-order valence-electron chi connectivity index (χ4n) is 3.37. The molecule has 3 heterocycles. The molecule has 0 spiro atoms. The standard InChI is InChI=1S/C14H17N3O3/c18-13-11-8-17(14(19)12-3-4-15-20-12)7-10(11)6-16(13)5-9-1-2-9/h3-4,9-11H,1-2,5-8H2/t10-,11+/m1/s1. The fourth-order valence-corrected chi connectivity index (χ4v) is 3.37. The summed E-state index contributed by atoms with van der Waals surface area (Å²) < 4.78 is 4.90. The number of hydrogen-bond donors (Lipinski definition) is 0. The molecule has 2 amide bonds. The van der Waals surface area contributed by atoms with Crippen LogP contribution in [-0.2, 0) is 4.79 Å². The van der Waals surface area contributed by atoms with Gasteiger partial charge < -0.3 is 14.3 Å². The molecule has 1 aromatic rings. The van der Waals surface area contributed by atoms with E-state index in [0.717, 1.165) is 19.0 Å². The summed E-state index contributed by atoms with van der Waals surface area (Å²) in [5, 5.41) is 3.56. The second-order valence-electron chi connectivity index (χ2n) is 6.14. The molecular weight excluding hydrogens is 258 g/mol. The lowest BCUT2D eigenvalue weighted by atomic mass is 10.0. The molecule has 0 N–H and O–H groups in total. The summed E-state index contributed by atoms with van der Waals surface area (Å²) in [6.45, 7) is 2.89. The molecule has 2 saturated heterocycles. The number of rotatable bonds is 3. The van der Waals surface area contributed by atoms with E-state index in [-0.39, 0.29) is 29.4 Å². The number of likely N-dealkylation sites (tertiary alicyclic amines) is 2. The maximum atomic E-state index is 12.4. The van der Waals surface area contributed by atoms with E-state index in [1.165, 1.54) is 19.0 Å². The second-order valence-corrected chi connectivity index (χ2v) is 6.14. The van der Waals surface area contributed by atoms with Crippen LogP contribution in [0.4, 0.5) is 0 Å². The van der Waals surface area contributed by atoms with Crippen molar-refractivity contribution in [3.8, 4) is 0 Å². The van der Waals surface area contributed by atoms with Gasteiger partial charge in [0.2, 0.25) is 11.7 Å². The van der Waals surface area contributed by atoms with E-state index < -0.39 is 0 Å².